The maximum Gasteiger partial charge on any atom is 0.256 e. The van der Waals surface area contributed by atoms with Crippen LogP contribution in [0.3, 0.4) is 0 Å². The van der Waals surface area contributed by atoms with Crippen LogP contribution in [0.2, 0.25) is 0 Å². The number of anilines is 1. The highest BCUT2D eigenvalue weighted by atomic mass is 79.9. The molecule has 0 fully saturated rings. The zero-order valence-corrected chi connectivity index (χ0v) is 11.6. The molecule has 0 radical (unpaired) electrons. The molecule has 19 heavy (non-hydrogen) atoms. The number of nitrogens with one attached hydrogen (secondary N) is 1. The van der Waals surface area contributed by atoms with Gasteiger partial charge in [0, 0.05) is 4.47 Å². The molecule has 0 aliphatic heterocycles. The number of carbonyl (C=O) groups excluding carboxylic acids is 1. The van der Waals surface area contributed by atoms with Gasteiger partial charge in [0.05, 0.1) is 11.3 Å². The molecule has 1 N–H and O–H groups in total. The molecule has 2 rings (SSSR count). The minimum Gasteiger partial charge on any atom is -0.319 e. The van der Waals surface area contributed by atoms with Crippen LogP contribution in [0, 0.1) is 18.6 Å². The molecule has 0 bridgehead atoms. The molecule has 5 heteroatoms. The topological polar surface area (TPSA) is 29.1 Å². The first-order chi connectivity index (χ1) is 8.97. The van der Waals surface area contributed by atoms with Crippen LogP contribution in [0.25, 0.3) is 0 Å². The highest BCUT2D eigenvalue weighted by Gasteiger charge is 2.13. The Morgan fingerprint density at radius 1 is 1.16 bits per heavy atom. The molecule has 0 saturated heterocycles. The van der Waals surface area contributed by atoms with Gasteiger partial charge in [0.1, 0.15) is 11.6 Å². The summed E-state index contributed by atoms with van der Waals surface area (Å²) < 4.78 is 26.8. The number of halogens is 3. The van der Waals surface area contributed by atoms with Crippen molar-refractivity contribution in [3.05, 3.63) is 63.6 Å². The fourth-order valence-electron chi connectivity index (χ4n) is 1.60. The van der Waals surface area contributed by atoms with Crippen molar-refractivity contribution in [1.82, 2.24) is 0 Å². The smallest absolute Gasteiger partial charge is 0.256 e. The molecule has 0 aliphatic carbocycles. The van der Waals surface area contributed by atoms with Crippen molar-refractivity contribution in [2.24, 2.45) is 0 Å². The Bertz CT molecular complexity index is 643. The van der Waals surface area contributed by atoms with Crippen molar-refractivity contribution < 1.29 is 13.6 Å². The second-order valence-corrected chi connectivity index (χ2v) is 4.92. The van der Waals surface area contributed by atoms with E-state index in [1.807, 2.05) is 0 Å². The van der Waals surface area contributed by atoms with E-state index >= 15 is 0 Å². The summed E-state index contributed by atoms with van der Waals surface area (Å²) in [6.07, 6.45) is 0. The van der Waals surface area contributed by atoms with Gasteiger partial charge in [0.2, 0.25) is 0 Å². The summed E-state index contributed by atoms with van der Waals surface area (Å²) in [5.41, 5.74) is 1.17. The lowest BCUT2D eigenvalue weighted by atomic mass is 10.2. The van der Waals surface area contributed by atoms with Crippen LogP contribution in [0.15, 0.2) is 40.9 Å². The Hall–Kier alpha value is -1.75. The number of benzene rings is 2. The molecule has 2 aromatic rings. The lowest BCUT2D eigenvalue weighted by molar-refractivity contribution is 0.102. The van der Waals surface area contributed by atoms with Gasteiger partial charge in [0.15, 0.2) is 0 Å². The number of amides is 1. The van der Waals surface area contributed by atoms with Crippen molar-refractivity contribution in [2.45, 2.75) is 6.92 Å². The van der Waals surface area contributed by atoms with Crippen molar-refractivity contribution >= 4 is 27.5 Å². The first kappa shape index (κ1) is 13.7. The zero-order chi connectivity index (χ0) is 14.0. The molecule has 0 heterocycles. The van der Waals surface area contributed by atoms with Gasteiger partial charge in [-0.25, -0.2) is 8.78 Å². The molecule has 2 aromatic carbocycles. The maximum absolute atomic E-state index is 13.5. The van der Waals surface area contributed by atoms with Crippen LogP contribution in [0.5, 0.6) is 0 Å². The van der Waals surface area contributed by atoms with Crippen molar-refractivity contribution in [1.29, 1.82) is 0 Å². The van der Waals surface area contributed by atoms with Gasteiger partial charge in [-0.15, -0.1) is 0 Å². The zero-order valence-electron chi connectivity index (χ0n) is 10.0. The summed E-state index contributed by atoms with van der Waals surface area (Å²) in [5, 5.41) is 2.46. The summed E-state index contributed by atoms with van der Waals surface area (Å²) in [6.45, 7) is 1.79. The molecule has 0 unspecified atom stereocenters. The predicted molar refractivity (Wildman–Crippen MR) is 73.2 cm³/mol. The van der Waals surface area contributed by atoms with Crippen molar-refractivity contribution in [3.63, 3.8) is 0 Å². The van der Waals surface area contributed by atoms with E-state index in [0.29, 0.717) is 4.47 Å². The van der Waals surface area contributed by atoms with Gasteiger partial charge in [-0.1, -0.05) is 6.07 Å². The van der Waals surface area contributed by atoms with Crippen LogP contribution in [0.1, 0.15) is 15.9 Å². The molecule has 0 saturated carbocycles. The van der Waals surface area contributed by atoms with Gasteiger partial charge in [-0.3, -0.25) is 4.79 Å². The third-order valence-corrected chi connectivity index (χ3v) is 3.20. The average Bonchev–Trinajstić information content (AvgIpc) is 2.33. The van der Waals surface area contributed by atoms with Gasteiger partial charge < -0.3 is 5.32 Å². The van der Waals surface area contributed by atoms with E-state index in [9.17, 15) is 13.6 Å². The lowest BCUT2D eigenvalue weighted by Gasteiger charge is -2.08. The van der Waals surface area contributed by atoms with Crippen LogP contribution >= 0.6 is 15.9 Å². The standard InChI is InChI=1S/C14H10BrF2NO/c1-8-2-5-12(17)13(6-8)18-14(19)10-4-3-9(16)7-11(10)15/h2-7H,1H3,(H,18,19). The van der Waals surface area contributed by atoms with Gasteiger partial charge >= 0.3 is 0 Å². The van der Waals surface area contributed by atoms with E-state index in [1.165, 1.54) is 30.3 Å². The van der Waals surface area contributed by atoms with Crippen LogP contribution in [0.4, 0.5) is 14.5 Å². The molecule has 98 valence electrons. The minimum atomic E-state index is -0.516. The Morgan fingerprint density at radius 3 is 2.58 bits per heavy atom. The van der Waals surface area contributed by atoms with Gasteiger partial charge in [-0.05, 0) is 58.7 Å². The third-order valence-electron chi connectivity index (χ3n) is 2.55. The van der Waals surface area contributed by atoms with E-state index in [4.69, 9.17) is 0 Å². The van der Waals surface area contributed by atoms with E-state index < -0.39 is 17.5 Å². The Morgan fingerprint density at radius 2 is 1.89 bits per heavy atom. The Balaban J connectivity index is 2.28. The fraction of sp³-hybridized carbons (Fsp3) is 0.0714. The van der Waals surface area contributed by atoms with E-state index in [0.717, 1.165) is 5.56 Å². The number of rotatable bonds is 2. The Kier molecular flexibility index (Phi) is 3.95. The van der Waals surface area contributed by atoms with E-state index in [2.05, 4.69) is 21.2 Å². The first-order valence-corrected chi connectivity index (χ1v) is 6.29. The van der Waals surface area contributed by atoms with Crippen molar-refractivity contribution in [2.75, 3.05) is 5.32 Å². The number of aryl methyl sites for hydroxylation is 1. The summed E-state index contributed by atoms with van der Waals surface area (Å²) >= 11 is 3.10. The average molecular weight is 326 g/mol. The van der Waals surface area contributed by atoms with Crippen LogP contribution < -0.4 is 5.32 Å². The number of hydrogen-bond acceptors (Lipinski definition) is 1. The summed E-state index contributed by atoms with van der Waals surface area (Å²) in [7, 11) is 0. The molecule has 2 nitrogen and oxygen atoms in total. The van der Waals surface area contributed by atoms with Crippen molar-refractivity contribution in [3.8, 4) is 0 Å². The maximum atomic E-state index is 13.5. The fourth-order valence-corrected chi connectivity index (χ4v) is 2.13. The SMILES string of the molecule is Cc1ccc(F)c(NC(=O)c2ccc(F)cc2Br)c1. The highest BCUT2D eigenvalue weighted by Crippen LogP contribution is 2.21. The van der Waals surface area contributed by atoms with E-state index in [-0.39, 0.29) is 11.3 Å². The summed E-state index contributed by atoms with van der Waals surface area (Å²) in [4.78, 5) is 12.0. The largest absolute Gasteiger partial charge is 0.319 e. The molecular weight excluding hydrogens is 316 g/mol. The second kappa shape index (κ2) is 5.48. The normalized spacial score (nSPS) is 10.3. The molecule has 0 aliphatic rings. The highest BCUT2D eigenvalue weighted by molar-refractivity contribution is 9.10. The van der Waals surface area contributed by atoms with Crippen LogP contribution in [-0.4, -0.2) is 5.91 Å². The van der Waals surface area contributed by atoms with Gasteiger partial charge in [-0.2, -0.15) is 0 Å². The number of hydrogen-bond donors (Lipinski definition) is 1. The molecule has 1 amide bonds. The lowest BCUT2D eigenvalue weighted by Crippen LogP contribution is -2.13. The molecular formula is C14H10BrF2NO. The first-order valence-electron chi connectivity index (χ1n) is 5.50. The third kappa shape index (κ3) is 3.17. The van der Waals surface area contributed by atoms with Crippen LogP contribution in [-0.2, 0) is 0 Å². The molecule has 0 atom stereocenters. The summed E-state index contributed by atoms with van der Waals surface area (Å²) in [6, 6.07) is 8.12. The van der Waals surface area contributed by atoms with Gasteiger partial charge in [0.25, 0.3) is 5.91 Å². The predicted octanol–water partition coefficient (Wildman–Crippen LogP) is 4.29. The number of carbonyl (C=O) groups is 1. The van der Waals surface area contributed by atoms with E-state index in [1.54, 1.807) is 13.0 Å². The quantitative estimate of drug-likeness (QED) is 0.876. The molecule has 0 aromatic heterocycles. The molecule has 0 spiro atoms. The minimum absolute atomic E-state index is 0.0984. The summed E-state index contributed by atoms with van der Waals surface area (Å²) in [5.74, 6) is -1.47. The monoisotopic (exact) mass is 325 g/mol. The second-order valence-electron chi connectivity index (χ2n) is 4.06. The Labute approximate surface area is 117 Å².